The van der Waals surface area contributed by atoms with Gasteiger partial charge in [-0.3, -0.25) is 4.79 Å². The first-order valence-corrected chi connectivity index (χ1v) is 11.7. The van der Waals surface area contributed by atoms with Crippen molar-refractivity contribution in [1.82, 2.24) is 9.80 Å². The number of halogens is 1. The van der Waals surface area contributed by atoms with Crippen LogP contribution in [0.3, 0.4) is 0 Å². The number of aliphatic hydroxyl groups is 1. The number of benzene rings is 2. The highest BCUT2D eigenvalue weighted by atomic mass is 35.5. The minimum absolute atomic E-state index is 0.0548. The van der Waals surface area contributed by atoms with Gasteiger partial charge in [0.2, 0.25) is 5.91 Å². The van der Waals surface area contributed by atoms with Gasteiger partial charge in [0, 0.05) is 31.2 Å². The lowest BCUT2D eigenvalue weighted by molar-refractivity contribution is -0.128. The molecule has 2 saturated heterocycles. The first kappa shape index (κ1) is 21.5. The number of ether oxygens (including phenoxy) is 1. The Balaban J connectivity index is 1.33. The summed E-state index contributed by atoms with van der Waals surface area (Å²) >= 11 is 7.65. The fourth-order valence-electron chi connectivity index (χ4n) is 4.19. The fraction of sp³-hybridized carbons (Fsp3) is 0.435. The number of carbonyl (C=O) groups is 1. The summed E-state index contributed by atoms with van der Waals surface area (Å²) < 4.78 is 5.24. The summed E-state index contributed by atoms with van der Waals surface area (Å²) in [7, 11) is 1.65. The molecule has 1 atom stereocenters. The van der Waals surface area contributed by atoms with Crippen LogP contribution in [-0.2, 0) is 10.4 Å². The van der Waals surface area contributed by atoms with E-state index in [9.17, 15) is 9.90 Å². The number of carbonyl (C=O) groups excluding carboxylic acids is 1. The number of methoxy groups -OCH3 is 1. The van der Waals surface area contributed by atoms with Crippen molar-refractivity contribution in [3.63, 3.8) is 0 Å². The van der Waals surface area contributed by atoms with Crippen molar-refractivity contribution in [2.45, 2.75) is 23.8 Å². The van der Waals surface area contributed by atoms with Crippen molar-refractivity contribution in [1.29, 1.82) is 0 Å². The molecule has 1 amide bonds. The minimum Gasteiger partial charge on any atom is -0.497 e. The number of likely N-dealkylation sites (tertiary alicyclic amines) is 1. The largest absolute Gasteiger partial charge is 0.497 e. The van der Waals surface area contributed by atoms with E-state index in [-0.39, 0.29) is 11.3 Å². The van der Waals surface area contributed by atoms with Crippen LogP contribution in [0.15, 0.2) is 48.5 Å². The number of hydrogen-bond acceptors (Lipinski definition) is 5. The molecule has 2 fully saturated rings. The van der Waals surface area contributed by atoms with Crippen LogP contribution >= 0.6 is 23.4 Å². The molecule has 160 valence electrons. The number of piperidine rings is 1. The average molecular weight is 447 g/mol. The molecule has 5 nitrogen and oxygen atoms in total. The van der Waals surface area contributed by atoms with Gasteiger partial charge in [-0.05, 0) is 48.2 Å². The second-order valence-electron chi connectivity index (χ2n) is 7.90. The van der Waals surface area contributed by atoms with E-state index in [1.807, 2.05) is 53.4 Å². The summed E-state index contributed by atoms with van der Waals surface area (Å²) in [4.78, 5) is 16.8. The fourth-order valence-corrected chi connectivity index (χ4v) is 5.53. The molecular formula is C23H27ClN2O3S. The molecule has 0 radical (unpaired) electrons. The van der Waals surface area contributed by atoms with Crippen LogP contribution in [0.5, 0.6) is 5.75 Å². The van der Waals surface area contributed by atoms with Gasteiger partial charge in [-0.2, -0.15) is 0 Å². The van der Waals surface area contributed by atoms with Crippen LogP contribution in [0.2, 0.25) is 5.02 Å². The zero-order valence-electron chi connectivity index (χ0n) is 17.1. The number of rotatable bonds is 6. The van der Waals surface area contributed by atoms with Crippen LogP contribution in [0, 0.1) is 0 Å². The molecule has 2 heterocycles. The minimum atomic E-state index is -0.800. The van der Waals surface area contributed by atoms with Crippen molar-refractivity contribution in [3.05, 3.63) is 64.7 Å². The van der Waals surface area contributed by atoms with Crippen molar-refractivity contribution in [2.75, 3.05) is 39.0 Å². The summed E-state index contributed by atoms with van der Waals surface area (Å²) in [5.41, 5.74) is 1.26. The molecular weight excluding hydrogens is 420 g/mol. The summed E-state index contributed by atoms with van der Waals surface area (Å²) in [6.45, 7) is 3.13. The topological polar surface area (TPSA) is 53.0 Å². The van der Waals surface area contributed by atoms with Gasteiger partial charge in [0.25, 0.3) is 0 Å². The molecule has 0 aromatic heterocycles. The maximum atomic E-state index is 12.5. The number of nitrogens with zero attached hydrogens (tertiary/aromatic N) is 2. The Morgan fingerprint density at radius 1 is 1.10 bits per heavy atom. The average Bonchev–Trinajstić information content (AvgIpc) is 3.14. The summed E-state index contributed by atoms with van der Waals surface area (Å²) in [6, 6.07) is 15.5. The predicted molar refractivity (Wildman–Crippen MR) is 121 cm³/mol. The van der Waals surface area contributed by atoms with Crippen molar-refractivity contribution < 1.29 is 14.6 Å². The van der Waals surface area contributed by atoms with Gasteiger partial charge < -0.3 is 19.6 Å². The molecule has 2 aromatic carbocycles. The van der Waals surface area contributed by atoms with Crippen molar-refractivity contribution in [3.8, 4) is 5.75 Å². The van der Waals surface area contributed by atoms with Gasteiger partial charge in [-0.1, -0.05) is 35.9 Å². The monoisotopic (exact) mass is 446 g/mol. The quantitative estimate of drug-likeness (QED) is 0.729. The van der Waals surface area contributed by atoms with E-state index in [1.165, 1.54) is 0 Å². The SMILES string of the molecule is COc1ccc(C2SCC(=O)N2CCN2CCC(O)(c3ccc(Cl)cc3)CC2)cc1. The molecule has 2 aliphatic rings. The number of thioether (sulfide) groups is 1. The van der Waals surface area contributed by atoms with Crippen LogP contribution in [0.4, 0.5) is 0 Å². The molecule has 7 heteroatoms. The Labute approximate surface area is 187 Å². The zero-order valence-corrected chi connectivity index (χ0v) is 18.7. The van der Waals surface area contributed by atoms with E-state index in [4.69, 9.17) is 16.3 Å². The van der Waals surface area contributed by atoms with Crippen molar-refractivity contribution >= 4 is 29.3 Å². The maximum Gasteiger partial charge on any atom is 0.233 e. The van der Waals surface area contributed by atoms with Gasteiger partial charge in [0.05, 0.1) is 18.5 Å². The van der Waals surface area contributed by atoms with Gasteiger partial charge in [0.1, 0.15) is 11.1 Å². The third-order valence-corrected chi connectivity index (χ3v) is 7.60. The van der Waals surface area contributed by atoms with Gasteiger partial charge in [0.15, 0.2) is 0 Å². The van der Waals surface area contributed by atoms with Crippen LogP contribution in [0.1, 0.15) is 29.3 Å². The summed E-state index contributed by atoms with van der Waals surface area (Å²) in [5.74, 6) is 1.53. The molecule has 2 aromatic rings. The van der Waals surface area contributed by atoms with E-state index in [0.29, 0.717) is 30.2 Å². The van der Waals surface area contributed by atoms with Gasteiger partial charge in [-0.15, -0.1) is 11.8 Å². The van der Waals surface area contributed by atoms with Crippen LogP contribution in [-0.4, -0.2) is 59.9 Å². The predicted octanol–water partition coefficient (Wildman–Crippen LogP) is 3.91. The first-order chi connectivity index (χ1) is 14.5. The third-order valence-electron chi connectivity index (χ3n) is 6.09. The Bertz CT molecular complexity index is 867. The first-order valence-electron chi connectivity index (χ1n) is 10.2. The van der Waals surface area contributed by atoms with E-state index in [0.717, 1.165) is 36.5 Å². The lowest BCUT2D eigenvalue weighted by atomic mass is 9.84. The van der Waals surface area contributed by atoms with E-state index in [1.54, 1.807) is 18.9 Å². The highest BCUT2D eigenvalue weighted by Gasteiger charge is 2.36. The summed E-state index contributed by atoms with van der Waals surface area (Å²) in [6.07, 6.45) is 1.36. The van der Waals surface area contributed by atoms with Crippen LogP contribution < -0.4 is 4.74 Å². The molecule has 0 spiro atoms. The number of amides is 1. The molecule has 0 saturated carbocycles. The lowest BCUT2D eigenvalue weighted by Gasteiger charge is -2.39. The van der Waals surface area contributed by atoms with E-state index in [2.05, 4.69) is 4.90 Å². The summed E-state index contributed by atoms with van der Waals surface area (Å²) in [5, 5.41) is 11.8. The smallest absolute Gasteiger partial charge is 0.233 e. The molecule has 0 aliphatic carbocycles. The Morgan fingerprint density at radius 3 is 2.40 bits per heavy atom. The van der Waals surface area contributed by atoms with Crippen LogP contribution in [0.25, 0.3) is 0 Å². The van der Waals surface area contributed by atoms with Crippen molar-refractivity contribution in [2.24, 2.45) is 0 Å². The molecule has 2 aliphatic heterocycles. The molecule has 1 N–H and O–H groups in total. The number of hydrogen-bond donors (Lipinski definition) is 1. The highest BCUT2D eigenvalue weighted by molar-refractivity contribution is 8.00. The highest BCUT2D eigenvalue weighted by Crippen LogP contribution is 2.39. The Hall–Kier alpha value is -1.73. The zero-order chi connectivity index (χ0) is 21.1. The third kappa shape index (κ3) is 4.62. The van der Waals surface area contributed by atoms with E-state index >= 15 is 0 Å². The lowest BCUT2D eigenvalue weighted by Crippen LogP contribution is -2.45. The molecule has 1 unspecified atom stereocenters. The maximum absolute atomic E-state index is 12.5. The van der Waals surface area contributed by atoms with Gasteiger partial charge >= 0.3 is 0 Å². The van der Waals surface area contributed by atoms with E-state index < -0.39 is 5.60 Å². The molecule has 0 bridgehead atoms. The Kier molecular flexibility index (Phi) is 6.58. The molecule has 30 heavy (non-hydrogen) atoms. The normalized spacial score (nSPS) is 21.8. The van der Waals surface area contributed by atoms with Gasteiger partial charge in [-0.25, -0.2) is 0 Å². The second-order valence-corrected chi connectivity index (χ2v) is 9.41. The molecule has 4 rings (SSSR count). The standard InChI is InChI=1S/C23H27ClN2O3S/c1-29-20-8-2-17(3-9-20)22-26(21(27)16-30-22)15-14-25-12-10-23(28,11-13-25)18-4-6-19(24)7-5-18/h2-9,22,28H,10-16H2,1H3. The second kappa shape index (κ2) is 9.18. The Morgan fingerprint density at radius 2 is 1.77 bits per heavy atom.